The minimum absolute atomic E-state index is 0.203. The van der Waals surface area contributed by atoms with Crippen molar-refractivity contribution in [2.45, 2.75) is 38.9 Å². The van der Waals surface area contributed by atoms with Crippen molar-refractivity contribution in [1.82, 2.24) is 10.2 Å². The predicted molar refractivity (Wildman–Crippen MR) is 52.9 cm³/mol. The van der Waals surface area contributed by atoms with Crippen LogP contribution in [0.15, 0.2) is 0 Å². The van der Waals surface area contributed by atoms with Gasteiger partial charge in [-0.2, -0.15) is 13.2 Å². The molecule has 0 aliphatic rings. The Balaban J connectivity index is 2.78. The molecule has 0 unspecified atom stereocenters. The fourth-order valence-electron chi connectivity index (χ4n) is 0.766. The fourth-order valence-corrected chi connectivity index (χ4v) is 1.56. The molecule has 0 atom stereocenters. The second-order valence-electron chi connectivity index (χ2n) is 3.77. The van der Waals surface area contributed by atoms with E-state index in [9.17, 15) is 13.2 Å². The molecule has 0 saturated carbocycles. The van der Waals surface area contributed by atoms with E-state index in [1.165, 1.54) is 0 Å². The maximum atomic E-state index is 12.2. The molecule has 0 aromatic carbocycles. The maximum Gasteiger partial charge on any atom is 0.445 e. The number of hydrogen-bond donors (Lipinski definition) is 1. The van der Waals surface area contributed by atoms with Crippen molar-refractivity contribution in [3.63, 3.8) is 0 Å². The summed E-state index contributed by atoms with van der Waals surface area (Å²) in [6.45, 7) is 5.72. The highest BCUT2D eigenvalue weighted by Crippen LogP contribution is 2.33. The zero-order valence-corrected chi connectivity index (χ0v) is 9.46. The fraction of sp³-hybridized carbons (Fsp3) is 0.750. The number of nitrogens with zero attached hydrogens (tertiary/aromatic N) is 2. The van der Waals surface area contributed by atoms with Crippen LogP contribution in [0.25, 0.3) is 0 Å². The van der Waals surface area contributed by atoms with E-state index < -0.39 is 11.2 Å². The summed E-state index contributed by atoms with van der Waals surface area (Å²) in [5.41, 5.74) is -0.275. The summed E-state index contributed by atoms with van der Waals surface area (Å²) >= 11 is 0.524. The van der Waals surface area contributed by atoms with E-state index in [1.54, 1.807) is 0 Å². The molecule has 0 amide bonds. The highest BCUT2D eigenvalue weighted by Gasteiger charge is 2.36. The SMILES string of the molecule is CCC(C)(C)Nc1nnc(C(F)(F)F)s1. The number of aromatic nitrogens is 2. The second-order valence-corrected chi connectivity index (χ2v) is 4.75. The predicted octanol–water partition coefficient (Wildman–Crippen LogP) is 3.16. The van der Waals surface area contributed by atoms with Gasteiger partial charge in [0.2, 0.25) is 10.1 Å². The monoisotopic (exact) mass is 239 g/mol. The van der Waals surface area contributed by atoms with Crippen molar-refractivity contribution in [2.75, 3.05) is 5.32 Å². The average molecular weight is 239 g/mol. The molecule has 1 heterocycles. The standard InChI is InChI=1S/C8H12F3N3S/c1-4-7(2,3)12-6-14-13-5(15-6)8(9,10)11/h4H2,1-3H3,(H,12,14). The Morgan fingerprint density at radius 2 is 1.87 bits per heavy atom. The minimum atomic E-state index is -4.41. The van der Waals surface area contributed by atoms with E-state index in [4.69, 9.17) is 0 Å². The van der Waals surface area contributed by atoms with E-state index in [0.29, 0.717) is 11.3 Å². The van der Waals surface area contributed by atoms with Gasteiger partial charge in [0, 0.05) is 5.54 Å². The summed E-state index contributed by atoms with van der Waals surface area (Å²) in [5.74, 6) is 0. The number of nitrogens with one attached hydrogen (secondary N) is 1. The molecule has 3 nitrogen and oxygen atoms in total. The molecule has 1 aromatic rings. The Labute approximate surface area is 89.7 Å². The highest BCUT2D eigenvalue weighted by atomic mass is 32.1. The number of anilines is 1. The first-order valence-electron chi connectivity index (χ1n) is 4.43. The summed E-state index contributed by atoms with van der Waals surface area (Å²) < 4.78 is 36.6. The summed E-state index contributed by atoms with van der Waals surface area (Å²) in [4.78, 5) is 0. The third-order valence-corrected chi connectivity index (χ3v) is 2.88. The van der Waals surface area contributed by atoms with Crippen molar-refractivity contribution in [3.8, 4) is 0 Å². The van der Waals surface area contributed by atoms with Gasteiger partial charge in [0.1, 0.15) is 0 Å². The van der Waals surface area contributed by atoms with Crippen molar-refractivity contribution < 1.29 is 13.2 Å². The zero-order valence-electron chi connectivity index (χ0n) is 8.64. The largest absolute Gasteiger partial charge is 0.445 e. The van der Waals surface area contributed by atoms with E-state index in [0.717, 1.165) is 6.42 Å². The van der Waals surface area contributed by atoms with Crippen LogP contribution in [-0.4, -0.2) is 15.7 Å². The van der Waals surface area contributed by atoms with Crippen LogP contribution >= 0.6 is 11.3 Å². The molecule has 1 N–H and O–H groups in total. The molecule has 0 aliphatic carbocycles. The van der Waals surface area contributed by atoms with Crippen LogP contribution in [0.3, 0.4) is 0 Å². The number of rotatable bonds is 3. The molecule has 7 heteroatoms. The first-order chi connectivity index (χ1) is 6.74. The molecule has 0 fully saturated rings. The molecule has 0 bridgehead atoms. The molecule has 0 spiro atoms. The maximum absolute atomic E-state index is 12.2. The Kier molecular flexibility index (Phi) is 3.22. The second kappa shape index (κ2) is 3.96. The van der Waals surface area contributed by atoms with Crippen molar-refractivity contribution in [2.24, 2.45) is 0 Å². The molecular weight excluding hydrogens is 227 g/mol. The molecular formula is C8H12F3N3S. The quantitative estimate of drug-likeness (QED) is 0.880. The summed E-state index contributed by atoms with van der Waals surface area (Å²) in [6, 6.07) is 0. The van der Waals surface area contributed by atoms with Crippen molar-refractivity contribution in [3.05, 3.63) is 5.01 Å². The van der Waals surface area contributed by atoms with E-state index >= 15 is 0 Å². The first kappa shape index (κ1) is 12.2. The topological polar surface area (TPSA) is 37.8 Å². The third-order valence-electron chi connectivity index (χ3n) is 2.00. The zero-order chi connectivity index (χ0) is 11.7. The van der Waals surface area contributed by atoms with Gasteiger partial charge in [-0.3, -0.25) is 0 Å². The lowest BCUT2D eigenvalue weighted by Crippen LogP contribution is -2.29. The van der Waals surface area contributed by atoms with Gasteiger partial charge in [0.05, 0.1) is 0 Å². The van der Waals surface area contributed by atoms with Crippen LogP contribution in [0.5, 0.6) is 0 Å². The van der Waals surface area contributed by atoms with Crippen molar-refractivity contribution >= 4 is 16.5 Å². The van der Waals surface area contributed by atoms with Gasteiger partial charge in [-0.15, -0.1) is 10.2 Å². The number of halogens is 3. The van der Waals surface area contributed by atoms with Gasteiger partial charge in [-0.25, -0.2) is 0 Å². The van der Waals surface area contributed by atoms with E-state index in [1.807, 2.05) is 20.8 Å². The lowest BCUT2D eigenvalue weighted by atomic mass is 10.0. The van der Waals surface area contributed by atoms with Gasteiger partial charge >= 0.3 is 6.18 Å². The molecule has 15 heavy (non-hydrogen) atoms. The van der Waals surface area contributed by atoms with E-state index in [-0.39, 0.29) is 10.7 Å². The Morgan fingerprint density at radius 3 is 2.27 bits per heavy atom. The van der Waals surface area contributed by atoms with Gasteiger partial charge in [-0.1, -0.05) is 18.3 Å². The minimum Gasteiger partial charge on any atom is -0.355 e. The Hall–Kier alpha value is -0.850. The smallest absolute Gasteiger partial charge is 0.355 e. The van der Waals surface area contributed by atoms with Crippen molar-refractivity contribution in [1.29, 1.82) is 0 Å². The lowest BCUT2D eigenvalue weighted by Gasteiger charge is -2.23. The van der Waals surface area contributed by atoms with Crippen LogP contribution < -0.4 is 5.32 Å². The highest BCUT2D eigenvalue weighted by molar-refractivity contribution is 7.15. The molecule has 0 radical (unpaired) electrons. The Morgan fingerprint density at radius 1 is 1.27 bits per heavy atom. The van der Waals surface area contributed by atoms with E-state index in [2.05, 4.69) is 15.5 Å². The molecule has 0 aliphatic heterocycles. The van der Waals surface area contributed by atoms with Gasteiger partial charge < -0.3 is 5.32 Å². The van der Waals surface area contributed by atoms with Crippen LogP contribution in [0.4, 0.5) is 18.3 Å². The summed E-state index contributed by atoms with van der Waals surface area (Å²) in [6.07, 6.45) is -3.62. The van der Waals surface area contributed by atoms with Gasteiger partial charge in [0.15, 0.2) is 0 Å². The normalized spacial score (nSPS) is 12.9. The molecule has 0 saturated heterocycles. The van der Waals surface area contributed by atoms with Gasteiger partial charge in [0.25, 0.3) is 0 Å². The number of hydrogen-bond acceptors (Lipinski definition) is 4. The van der Waals surface area contributed by atoms with Crippen LogP contribution in [0.1, 0.15) is 32.2 Å². The molecule has 1 aromatic heterocycles. The van der Waals surface area contributed by atoms with Crippen LogP contribution in [-0.2, 0) is 6.18 Å². The molecule has 1 rings (SSSR count). The lowest BCUT2D eigenvalue weighted by molar-refractivity contribution is -0.138. The summed E-state index contributed by atoms with van der Waals surface area (Å²) in [5, 5.41) is 8.73. The average Bonchev–Trinajstić information content (AvgIpc) is 2.51. The number of alkyl halides is 3. The van der Waals surface area contributed by atoms with Crippen LogP contribution in [0.2, 0.25) is 0 Å². The first-order valence-corrected chi connectivity index (χ1v) is 5.25. The van der Waals surface area contributed by atoms with Gasteiger partial charge in [-0.05, 0) is 20.3 Å². The Bertz CT molecular complexity index is 332. The van der Waals surface area contributed by atoms with Crippen LogP contribution in [0, 0.1) is 0 Å². The molecule has 86 valence electrons. The third kappa shape index (κ3) is 3.33. The summed E-state index contributed by atoms with van der Waals surface area (Å²) in [7, 11) is 0.